The Labute approximate surface area is 557 Å². The molecule has 6 heteroatoms. The van der Waals surface area contributed by atoms with Crippen molar-refractivity contribution in [2.24, 2.45) is 0 Å². The molecule has 2 aliphatic rings. The molecule has 0 N–H and O–H groups in total. The first-order valence-corrected chi connectivity index (χ1v) is 38.5. The Morgan fingerprint density at radius 2 is 0.438 bits per heavy atom. The molecule has 10 aromatic rings. The third-order valence-electron chi connectivity index (χ3n) is 13.7. The van der Waals surface area contributed by atoms with Gasteiger partial charge in [-0.2, -0.15) is 0 Å². The van der Waals surface area contributed by atoms with Crippen molar-refractivity contribution >= 4 is 92.7 Å². The zero-order valence-electron chi connectivity index (χ0n) is 53.7. The molecule has 0 heterocycles. The van der Waals surface area contributed by atoms with Gasteiger partial charge in [0.05, 0.1) is 0 Å². The van der Waals surface area contributed by atoms with E-state index in [0.717, 1.165) is 12.8 Å². The molecular weight excluding hydrogens is 1210 g/mol. The smallest absolute Gasteiger partial charge is 0.358 e. The Bertz CT molecular complexity index is 3030. The Kier molecular flexibility index (Phi) is 42.1. The van der Waals surface area contributed by atoms with Crippen LogP contribution in [0.5, 0.6) is 0 Å². The van der Waals surface area contributed by atoms with Crippen LogP contribution in [0.15, 0.2) is 352 Å². The van der Waals surface area contributed by atoms with Crippen LogP contribution in [0, 0.1) is 14.9 Å². The minimum Gasteiger partial charge on any atom is -0.358 e. The largest absolute Gasteiger partial charge is 2.00 e. The summed E-state index contributed by atoms with van der Waals surface area (Å²) in [6.07, 6.45) is 26.5. The fourth-order valence-corrected chi connectivity index (χ4v) is 20.4. The first-order valence-electron chi connectivity index (χ1n) is 30.6. The van der Waals surface area contributed by atoms with Gasteiger partial charge in [-0.05, 0) is 143 Å². The van der Waals surface area contributed by atoms with Gasteiger partial charge in [0.2, 0.25) is 0 Å². The van der Waals surface area contributed by atoms with Crippen molar-refractivity contribution in [2.45, 2.75) is 53.4 Å². The van der Waals surface area contributed by atoms with Crippen LogP contribution in [0.4, 0.5) is 0 Å². The topological polar surface area (TPSA) is 0 Å². The summed E-state index contributed by atoms with van der Waals surface area (Å²) in [5.41, 5.74) is 0. The molecule has 0 atom stereocenters. The maximum Gasteiger partial charge on any atom is 2.00 e. The molecule has 0 amide bonds. The van der Waals surface area contributed by atoms with Crippen LogP contribution < -0.4 is 53.0 Å². The van der Waals surface area contributed by atoms with Crippen molar-refractivity contribution in [2.75, 3.05) is 31.3 Å². The predicted octanol–water partition coefficient (Wildman–Crippen LogP) is 20.0. The molecule has 0 aromatic heterocycles. The summed E-state index contributed by atoms with van der Waals surface area (Å²) < 4.78 is 0. The van der Waals surface area contributed by atoms with Gasteiger partial charge in [0.15, 0.2) is 0 Å². The van der Waals surface area contributed by atoms with Crippen molar-refractivity contribution < 1.29 is 17.1 Å². The molecule has 89 heavy (non-hydrogen) atoms. The van der Waals surface area contributed by atoms with Crippen LogP contribution in [-0.2, 0) is 17.1 Å². The van der Waals surface area contributed by atoms with Crippen LogP contribution in [0.1, 0.15) is 53.4 Å². The predicted molar refractivity (Wildman–Crippen MR) is 411 cm³/mol. The number of allylic oxidation sites excluding steroid dienone is 8. The molecule has 0 saturated heterocycles. The van der Waals surface area contributed by atoms with Crippen LogP contribution in [0.25, 0.3) is 0 Å². The maximum atomic E-state index is 2.31. The summed E-state index contributed by atoms with van der Waals surface area (Å²) in [5, 5.41) is 14.7. The van der Waals surface area contributed by atoms with Crippen molar-refractivity contribution in [3.8, 4) is 0 Å². The molecule has 12 rings (SSSR count). The summed E-state index contributed by atoms with van der Waals surface area (Å²) >= 11 is 0. The molecule has 0 aliphatic heterocycles. The molecule has 2 aliphatic carbocycles. The normalized spacial score (nSPS) is 11.0. The molecule has 0 saturated carbocycles. The second-order valence-corrected chi connectivity index (χ2v) is 31.3. The monoisotopic (exact) mass is 1300 g/mol. The summed E-state index contributed by atoms with van der Waals surface area (Å²) in [5.74, 6) is 0. The third-order valence-corrected chi connectivity index (χ3v) is 26.2. The van der Waals surface area contributed by atoms with Gasteiger partial charge in [-0.3, -0.25) is 0 Å². The summed E-state index contributed by atoms with van der Waals surface area (Å²) in [6, 6.07) is 109. The zero-order chi connectivity index (χ0) is 60.3. The van der Waals surface area contributed by atoms with E-state index in [4.69, 9.17) is 0 Å². The van der Waals surface area contributed by atoms with Gasteiger partial charge in [-0.15, -0.1) is 0 Å². The average molecular weight is 1300 g/mol. The molecule has 460 valence electrons. The second kappa shape index (κ2) is 48.6. The summed E-state index contributed by atoms with van der Waals surface area (Å²) in [7, 11) is -1.09. The van der Waals surface area contributed by atoms with E-state index in [1.165, 1.54) is 90.5 Å². The van der Waals surface area contributed by atoms with E-state index >= 15 is 0 Å². The number of rotatable bonds is 17. The van der Waals surface area contributed by atoms with Crippen molar-refractivity contribution in [1.82, 2.24) is 0 Å². The van der Waals surface area contributed by atoms with Crippen LogP contribution >= 0.6 is 39.6 Å². The fourth-order valence-electron chi connectivity index (χ4n) is 9.45. The summed E-state index contributed by atoms with van der Waals surface area (Å²) in [6.45, 7) is 10.8. The van der Waals surface area contributed by atoms with Crippen molar-refractivity contribution in [3.05, 3.63) is 367 Å². The molecule has 0 radical (unpaired) electrons. The minimum absolute atomic E-state index is 0. The zero-order valence-corrected chi connectivity index (χ0v) is 59.3. The Balaban J connectivity index is 0.000000299. The van der Waals surface area contributed by atoms with E-state index in [1.807, 2.05) is 13.8 Å². The van der Waals surface area contributed by atoms with Crippen LogP contribution in [0.2, 0.25) is 0 Å². The first-order chi connectivity index (χ1) is 42.6. The molecule has 0 bridgehead atoms. The fraction of sp³-hybridized carbons (Fsp3) is 0.157. The van der Waals surface area contributed by atoms with Crippen molar-refractivity contribution in [1.29, 1.82) is 0 Å². The number of benzene rings is 10. The van der Waals surface area contributed by atoms with Crippen LogP contribution in [-0.4, -0.2) is 31.3 Å². The molecule has 10 aromatic carbocycles. The minimum atomic E-state index is -0.309. The van der Waals surface area contributed by atoms with Gasteiger partial charge >= 0.3 is 17.1 Å². The molecule has 0 unspecified atom stereocenters. The van der Waals surface area contributed by atoms with Crippen LogP contribution in [0.3, 0.4) is 0 Å². The van der Waals surface area contributed by atoms with E-state index in [-0.39, 0.29) is 71.5 Å². The summed E-state index contributed by atoms with van der Waals surface area (Å²) in [4.78, 5) is 0. The van der Waals surface area contributed by atoms with Crippen molar-refractivity contribution in [3.63, 3.8) is 0 Å². The van der Waals surface area contributed by atoms with Gasteiger partial charge in [0, 0.05) is 0 Å². The molecular formula is C83H95FeP5. The molecule has 0 spiro atoms. The average Bonchev–Trinajstić information content (AvgIpc) is 4.53. The van der Waals surface area contributed by atoms with Gasteiger partial charge < -0.3 is 14.9 Å². The third kappa shape index (κ3) is 28.7. The maximum absolute atomic E-state index is 2.31. The SMILES string of the molecule is C1=CCC=C1.C1=CCC=C1.CC.CCCP(c1ccccc1)c1ccccc1.CCP(c1ccccc1)c1ccccc1.CP(c1ccccc1)c1ccccc1.[CH3-].[CH3-].[Fe+2].c1ccc(P(CCCP(c2ccccc2)c2ccccc2)c2ccccc2)cc1. The number of hydrogen-bond donors (Lipinski definition) is 0. The Morgan fingerprint density at radius 3 is 0.607 bits per heavy atom. The van der Waals surface area contributed by atoms with E-state index in [2.05, 4.69) is 372 Å². The van der Waals surface area contributed by atoms with E-state index < -0.39 is 0 Å². The first kappa shape index (κ1) is 77.1. The van der Waals surface area contributed by atoms with Gasteiger partial charge in [-0.1, -0.05) is 386 Å². The quantitative estimate of drug-likeness (QED) is 0.0484. The molecule has 0 fully saturated rings. The Hall–Kier alpha value is -6.17. The van der Waals surface area contributed by atoms with E-state index in [1.54, 1.807) is 0 Å². The standard InChI is InChI=1S/C27H26P2.C15H17P.C14H15P.C13H13P.2C5H6.C2H6.2CH3.Fe/c1-5-14-24(15-6-1)28(25-16-7-2-8-17-25)22-13-23-29(26-18-9-3-10-19-26)27-20-11-4-12-21-27;1-2-13-16(14-9-5-3-6-10-14)15-11-7-4-8-12-15;1-2-15(13-9-5-3-6-10-13)14-11-7-4-8-12-14;1-14(12-8-4-2-5-9-12)13-10-6-3-7-11-13;2*1-2-4-5-3-1;1-2;;;/h1-12,14-21H,13,22-23H2;3-12H,2,13H2,1H3;3-12H,2H2,1H3;2-11H,1H3;2*1-4H,5H2;1-2H3;2*1H3;/q;;;;;;;2*-1;+2. The van der Waals surface area contributed by atoms with Gasteiger partial charge in [-0.25, -0.2) is 0 Å². The second-order valence-electron chi connectivity index (χ2n) is 19.7. The van der Waals surface area contributed by atoms with E-state index in [0.29, 0.717) is 0 Å². The van der Waals surface area contributed by atoms with Gasteiger partial charge in [0.1, 0.15) is 0 Å². The molecule has 0 nitrogen and oxygen atoms in total. The van der Waals surface area contributed by atoms with E-state index in [9.17, 15) is 0 Å². The Morgan fingerprint density at radius 1 is 0.258 bits per heavy atom. The number of hydrogen-bond acceptors (Lipinski definition) is 0. The van der Waals surface area contributed by atoms with Gasteiger partial charge in [0.25, 0.3) is 0 Å².